The smallest absolute Gasteiger partial charge is 0.313 e. The summed E-state index contributed by atoms with van der Waals surface area (Å²) in [5.74, 6) is -0.627. The quantitative estimate of drug-likeness (QED) is 0.468. The molecule has 1 heterocycles. The fourth-order valence-electron chi connectivity index (χ4n) is 4.88. The molecule has 0 amide bonds. The molecule has 2 aromatic rings. The summed E-state index contributed by atoms with van der Waals surface area (Å²) in [4.78, 5) is 12.7. The van der Waals surface area contributed by atoms with Crippen LogP contribution in [0.5, 0.6) is 0 Å². The van der Waals surface area contributed by atoms with Crippen LogP contribution in [-0.2, 0) is 24.3 Å². The van der Waals surface area contributed by atoms with Crippen LogP contribution in [0.2, 0.25) is 0 Å². The second kappa shape index (κ2) is 11.2. The minimum absolute atomic E-state index is 0.191. The Morgan fingerprint density at radius 1 is 1.00 bits per heavy atom. The van der Waals surface area contributed by atoms with Crippen molar-refractivity contribution >= 4 is 16.0 Å². The number of hydrogen-bond acceptors (Lipinski definition) is 5. The van der Waals surface area contributed by atoms with Crippen LogP contribution < -0.4 is 0 Å². The highest BCUT2D eigenvalue weighted by Gasteiger charge is 2.39. The molecule has 1 fully saturated rings. The molecule has 0 saturated heterocycles. The summed E-state index contributed by atoms with van der Waals surface area (Å²) >= 11 is 0. The maximum atomic E-state index is 13.6. The average molecular weight is 484 g/mol. The second-order valence-corrected chi connectivity index (χ2v) is 10.7. The third-order valence-electron chi connectivity index (χ3n) is 6.62. The monoisotopic (exact) mass is 483 g/mol. The first-order valence-corrected chi connectivity index (χ1v) is 13.6. The number of carbonyl (C=O) groups is 1. The van der Waals surface area contributed by atoms with Crippen molar-refractivity contribution in [2.24, 2.45) is 11.8 Å². The summed E-state index contributed by atoms with van der Waals surface area (Å²) in [5.41, 5.74) is 1.04. The van der Waals surface area contributed by atoms with E-state index in [4.69, 9.17) is 9.47 Å². The van der Waals surface area contributed by atoms with Crippen LogP contribution in [0.1, 0.15) is 57.1 Å². The van der Waals surface area contributed by atoms with Crippen LogP contribution in [0, 0.1) is 11.8 Å². The highest BCUT2D eigenvalue weighted by Crippen LogP contribution is 2.40. The van der Waals surface area contributed by atoms with Crippen LogP contribution in [0.3, 0.4) is 0 Å². The molecule has 0 unspecified atom stereocenters. The van der Waals surface area contributed by atoms with Gasteiger partial charge in [-0.2, -0.15) is 0 Å². The van der Waals surface area contributed by atoms with Crippen molar-refractivity contribution in [3.8, 4) is 0 Å². The summed E-state index contributed by atoms with van der Waals surface area (Å²) in [6, 6.07) is 18.3. The molecular formula is C27H33NO5S. The van der Waals surface area contributed by atoms with E-state index in [0.29, 0.717) is 5.92 Å². The van der Waals surface area contributed by atoms with Gasteiger partial charge in [0.15, 0.2) is 0 Å². The molecule has 0 N–H and O–H groups in total. The first-order chi connectivity index (χ1) is 16.5. The molecule has 2 aromatic carbocycles. The SMILES string of the molecule is CCOC(=O)[C@@H]1C=CN(S(=O)(=O)c2ccccc2)[C@H](O[C@@H](c2ccccc2)C2CCCCC2)C1. The number of carbonyl (C=O) groups excluding carboxylic acids is 1. The fraction of sp³-hybridized carbons (Fsp3) is 0.444. The molecule has 1 saturated carbocycles. The minimum atomic E-state index is -3.86. The van der Waals surface area contributed by atoms with E-state index in [0.717, 1.165) is 31.2 Å². The lowest BCUT2D eigenvalue weighted by molar-refractivity contribution is -0.151. The van der Waals surface area contributed by atoms with E-state index >= 15 is 0 Å². The zero-order valence-corrected chi connectivity index (χ0v) is 20.4. The Bertz CT molecular complexity index is 1060. The maximum absolute atomic E-state index is 13.6. The second-order valence-electron chi connectivity index (χ2n) is 8.90. The first-order valence-electron chi connectivity index (χ1n) is 12.1. The Kier molecular flexibility index (Phi) is 8.06. The van der Waals surface area contributed by atoms with E-state index in [1.807, 2.05) is 30.3 Å². The van der Waals surface area contributed by atoms with E-state index in [-0.39, 0.29) is 30.0 Å². The topological polar surface area (TPSA) is 72.9 Å². The Hall–Kier alpha value is -2.64. The zero-order chi connectivity index (χ0) is 24.0. The standard InChI is InChI=1S/C27H33NO5S/c1-2-32-27(29)23-18-19-28(34(30,31)24-16-10-5-11-17-24)25(20-23)33-26(21-12-6-3-7-13-21)22-14-8-4-9-15-22/h3,5-7,10-13,16-19,22-23,25-26H,2,4,8-9,14-15,20H2,1H3/t23-,25-,26+/m1/s1. The molecule has 0 radical (unpaired) electrons. The van der Waals surface area contributed by atoms with E-state index in [1.165, 1.54) is 16.9 Å². The Balaban J connectivity index is 1.69. The van der Waals surface area contributed by atoms with Gasteiger partial charge in [0.05, 0.1) is 23.5 Å². The molecule has 4 rings (SSSR count). The van der Waals surface area contributed by atoms with Gasteiger partial charge in [-0.15, -0.1) is 0 Å². The van der Waals surface area contributed by atoms with Crippen molar-refractivity contribution in [2.45, 2.75) is 62.7 Å². The molecule has 34 heavy (non-hydrogen) atoms. The summed E-state index contributed by atoms with van der Waals surface area (Å²) in [6.07, 6.45) is 7.77. The normalized spacial score (nSPS) is 22.3. The number of sulfonamides is 1. The van der Waals surface area contributed by atoms with Gasteiger partial charge >= 0.3 is 5.97 Å². The number of esters is 1. The molecule has 2 aliphatic rings. The van der Waals surface area contributed by atoms with E-state index in [1.54, 1.807) is 43.3 Å². The highest BCUT2D eigenvalue weighted by atomic mass is 32.2. The molecule has 7 heteroatoms. The van der Waals surface area contributed by atoms with E-state index in [2.05, 4.69) is 0 Å². The van der Waals surface area contributed by atoms with Crippen molar-refractivity contribution in [1.29, 1.82) is 0 Å². The van der Waals surface area contributed by atoms with Gasteiger partial charge in [0.25, 0.3) is 10.0 Å². The van der Waals surface area contributed by atoms with Gasteiger partial charge in [0.2, 0.25) is 0 Å². The molecule has 0 spiro atoms. The highest BCUT2D eigenvalue weighted by molar-refractivity contribution is 7.89. The van der Waals surface area contributed by atoms with E-state index < -0.39 is 22.2 Å². The van der Waals surface area contributed by atoms with Crippen molar-refractivity contribution in [2.75, 3.05) is 6.61 Å². The van der Waals surface area contributed by atoms with Crippen molar-refractivity contribution in [1.82, 2.24) is 4.31 Å². The van der Waals surface area contributed by atoms with Gasteiger partial charge < -0.3 is 9.47 Å². The Morgan fingerprint density at radius 3 is 2.29 bits per heavy atom. The lowest BCUT2D eigenvalue weighted by Gasteiger charge is -2.39. The molecule has 182 valence electrons. The summed E-state index contributed by atoms with van der Waals surface area (Å²) in [7, 11) is -3.86. The molecule has 0 aromatic heterocycles. The van der Waals surface area contributed by atoms with Crippen LogP contribution in [0.15, 0.2) is 77.8 Å². The van der Waals surface area contributed by atoms with Crippen LogP contribution in [0.4, 0.5) is 0 Å². The van der Waals surface area contributed by atoms with Gasteiger partial charge in [-0.25, -0.2) is 12.7 Å². The lowest BCUT2D eigenvalue weighted by Crippen LogP contribution is -2.44. The maximum Gasteiger partial charge on any atom is 0.313 e. The molecule has 3 atom stereocenters. The van der Waals surface area contributed by atoms with Gasteiger partial charge in [-0.05, 0) is 43.4 Å². The summed E-state index contributed by atoms with van der Waals surface area (Å²) < 4.78 is 40.3. The lowest BCUT2D eigenvalue weighted by atomic mass is 9.82. The first kappa shape index (κ1) is 24.5. The Morgan fingerprint density at radius 2 is 1.65 bits per heavy atom. The van der Waals surface area contributed by atoms with E-state index in [9.17, 15) is 13.2 Å². The summed E-state index contributed by atoms with van der Waals surface area (Å²) in [5, 5.41) is 0. The summed E-state index contributed by atoms with van der Waals surface area (Å²) in [6.45, 7) is 2.04. The number of nitrogens with zero attached hydrogens (tertiary/aromatic N) is 1. The number of hydrogen-bond donors (Lipinski definition) is 0. The van der Waals surface area contributed by atoms with Gasteiger partial charge in [-0.1, -0.05) is 73.9 Å². The third kappa shape index (κ3) is 5.53. The van der Waals surface area contributed by atoms with Crippen LogP contribution >= 0.6 is 0 Å². The molecule has 1 aliphatic carbocycles. The number of ether oxygens (including phenoxy) is 2. The van der Waals surface area contributed by atoms with Gasteiger partial charge in [0, 0.05) is 12.6 Å². The molecule has 6 nitrogen and oxygen atoms in total. The zero-order valence-electron chi connectivity index (χ0n) is 19.6. The van der Waals surface area contributed by atoms with Crippen LogP contribution in [0.25, 0.3) is 0 Å². The Labute approximate surface area is 202 Å². The third-order valence-corrected chi connectivity index (χ3v) is 8.40. The van der Waals surface area contributed by atoms with Gasteiger partial charge in [0.1, 0.15) is 6.23 Å². The predicted octanol–water partition coefficient (Wildman–Crippen LogP) is 5.44. The van der Waals surface area contributed by atoms with Crippen LogP contribution in [-0.4, -0.2) is 31.5 Å². The number of benzene rings is 2. The minimum Gasteiger partial charge on any atom is -0.466 e. The van der Waals surface area contributed by atoms with Gasteiger partial charge in [-0.3, -0.25) is 4.79 Å². The fourth-order valence-corrected chi connectivity index (χ4v) is 6.30. The average Bonchev–Trinajstić information content (AvgIpc) is 2.89. The van der Waals surface area contributed by atoms with Crippen molar-refractivity contribution in [3.05, 3.63) is 78.5 Å². The van der Waals surface area contributed by atoms with Crippen molar-refractivity contribution < 1.29 is 22.7 Å². The van der Waals surface area contributed by atoms with Crippen molar-refractivity contribution in [3.63, 3.8) is 0 Å². The largest absolute Gasteiger partial charge is 0.466 e. The molecule has 1 aliphatic heterocycles. The molecule has 0 bridgehead atoms. The number of rotatable bonds is 8. The molecular weight excluding hydrogens is 450 g/mol. The predicted molar refractivity (Wildman–Crippen MR) is 130 cm³/mol.